The monoisotopic (exact) mass is 236 g/mol. The second kappa shape index (κ2) is 6.15. The lowest BCUT2D eigenvalue weighted by molar-refractivity contribution is 0.372. The van der Waals surface area contributed by atoms with Crippen LogP contribution in [-0.4, -0.2) is 20.8 Å². The summed E-state index contributed by atoms with van der Waals surface area (Å²) in [4.78, 5) is 4.32. The van der Waals surface area contributed by atoms with Crippen LogP contribution in [0.4, 0.5) is 0 Å². The Bertz CT molecular complexity index is 328. The molecule has 1 saturated carbocycles. The van der Waals surface area contributed by atoms with Gasteiger partial charge in [0.05, 0.1) is 6.54 Å². The summed E-state index contributed by atoms with van der Waals surface area (Å²) >= 11 is 0. The van der Waals surface area contributed by atoms with Gasteiger partial charge < -0.3 is 5.32 Å². The van der Waals surface area contributed by atoms with Crippen molar-refractivity contribution in [3.8, 4) is 0 Å². The van der Waals surface area contributed by atoms with E-state index in [0.717, 1.165) is 31.3 Å². The second-order valence-corrected chi connectivity index (χ2v) is 5.11. The van der Waals surface area contributed by atoms with E-state index in [1.54, 1.807) is 6.33 Å². The summed E-state index contributed by atoms with van der Waals surface area (Å²) < 4.78 is 2.01. The highest BCUT2D eigenvalue weighted by molar-refractivity contribution is 4.86. The SMILES string of the molecule is CCCn1ncnc1CNC(C)C1CCCC1. The molecule has 0 spiro atoms. The number of nitrogens with one attached hydrogen (secondary N) is 1. The number of hydrogen-bond acceptors (Lipinski definition) is 3. The first-order valence-electron chi connectivity index (χ1n) is 6.91. The predicted molar refractivity (Wildman–Crippen MR) is 68.6 cm³/mol. The van der Waals surface area contributed by atoms with Gasteiger partial charge in [-0.15, -0.1) is 0 Å². The van der Waals surface area contributed by atoms with Crippen molar-refractivity contribution in [2.45, 2.75) is 65.1 Å². The molecule has 0 aliphatic heterocycles. The van der Waals surface area contributed by atoms with Crippen molar-refractivity contribution in [2.24, 2.45) is 5.92 Å². The van der Waals surface area contributed by atoms with Gasteiger partial charge in [-0.3, -0.25) is 0 Å². The van der Waals surface area contributed by atoms with E-state index in [1.807, 2.05) is 4.68 Å². The first kappa shape index (κ1) is 12.6. The van der Waals surface area contributed by atoms with Crippen LogP contribution < -0.4 is 5.32 Å². The summed E-state index contributed by atoms with van der Waals surface area (Å²) in [6, 6.07) is 0.601. The zero-order valence-electron chi connectivity index (χ0n) is 11.0. The summed E-state index contributed by atoms with van der Waals surface area (Å²) in [5.74, 6) is 1.93. The molecule has 1 heterocycles. The van der Waals surface area contributed by atoms with Gasteiger partial charge in [0.1, 0.15) is 12.2 Å². The van der Waals surface area contributed by atoms with Gasteiger partial charge in [0.15, 0.2) is 0 Å². The van der Waals surface area contributed by atoms with E-state index in [0.29, 0.717) is 6.04 Å². The van der Waals surface area contributed by atoms with Crippen molar-refractivity contribution in [3.05, 3.63) is 12.2 Å². The fourth-order valence-corrected chi connectivity index (χ4v) is 2.70. The molecule has 1 unspecified atom stereocenters. The summed E-state index contributed by atoms with van der Waals surface area (Å²) in [6.45, 7) is 6.28. The van der Waals surface area contributed by atoms with Crippen molar-refractivity contribution in [1.82, 2.24) is 20.1 Å². The largest absolute Gasteiger partial charge is 0.307 e. The Morgan fingerprint density at radius 2 is 2.24 bits per heavy atom. The molecule has 1 aromatic heterocycles. The highest BCUT2D eigenvalue weighted by Crippen LogP contribution is 2.27. The molecule has 0 bridgehead atoms. The zero-order chi connectivity index (χ0) is 12.1. The average molecular weight is 236 g/mol. The first-order chi connectivity index (χ1) is 8.31. The van der Waals surface area contributed by atoms with E-state index >= 15 is 0 Å². The lowest BCUT2D eigenvalue weighted by Crippen LogP contribution is -2.32. The van der Waals surface area contributed by atoms with Crippen LogP contribution in [0.25, 0.3) is 0 Å². The maximum Gasteiger partial charge on any atom is 0.140 e. The quantitative estimate of drug-likeness (QED) is 0.824. The molecule has 1 aliphatic carbocycles. The minimum Gasteiger partial charge on any atom is -0.307 e. The van der Waals surface area contributed by atoms with Gasteiger partial charge in [0.2, 0.25) is 0 Å². The fraction of sp³-hybridized carbons (Fsp3) is 0.846. The second-order valence-electron chi connectivity index (χ2n) is 5.11. The highest BCUT2D eigenvalue weighted by Gasteiger charge is 2.21. The van der Waals surface area contributed by atoms with Gasteiger partial charge in [0.25, 0.3) is 0 Å². The number of aromatic nitrogens is 3. The fourth-order valence-electron chi connectivity index (χ4n) is 2.70. The molecule has 96 valence electrons. The van der Waals surface area contributed by atoms with E-state index in [4.69, 9.17) is 0 Å². The number of rotatable bonds is 6. The maximum atomic E-state index is 4.32. The molecular formula is C13H24N4. The minimum atomic E-state index is 0.601. The Labute approximate surface area is 104 Å². The van der Waals surface area contributed by atoms with E-state index in [1.165, 1.54) is 25.7 Å². The van der Waals surface area contributed by atoms with Crippen LogP contribution in [0.15, 0.2) is 6.33 Å². The van der Waals surface area contributed by atoms with Crippen molar-refractivity contribution in [2.75, 3.05) is 0 Å². The van der Waals surface area contributed by atoms with E-state index in [9.17, 15) is 0 Å². The van der Waals surface area contributed by atoms with Crippen molar-refractivity contribution in [3.63, 3.8) is 0 Å². The van der Waals surface area contributed by atoms with E-state index < -0.39 is 0 Å². The Balaban J connectivity index is 1.81. The molecule has 4 nitrogen and oxygen atoms in total. The molecule has 4 heteroatoms. The normalized spacial score (nSPS) is 18.7. The van der Waals surface area contributed by atoms with Crippen LogP contribution in [0, 0.1) is 5.92 Å². The molecule has 0 amide bonds. The highest BCUT2D eigenvalue weighted by atomic mass is 15.3. The van der Waals surface area contributed by atoms with Crippen molar-refractivity contribution in [1.29, 1.82) is 0 Å². The molecule has 1 aromatic rings. The molecule has 1 fully saturated rings. The molecular weight excluding hydrogens is 212 g/mol. The lowest BCUT2D eigenvalue weighted by atomic mass is 10.00. The van der Waals surface area contributed by atoms with Crippen LogP contribution in [0.1, 0.15) is 51.8 Å². The van der Waals surface area contributed by atoms with Gasteiger partial charge in [-0.25, -0.2) is 9.67 Å². The molecule has 0 aromatic carbocycles. The average Bonchev–Trinajstić information content (AvgIpc) is 2.97. The van der Waals surface area contributed by atoms with Gasteiger partial charge in [-0.2, -0.15) is 5.10 Å². The van der Waals surface area contributed by atoms with Crippen LogP contribution in [-0.2, 0) is 13.1 Å². The summed E-state index contributed by atoms with van der Waals surface area (Å²) in [7, 11) is 0. The molecule has 1 atom stereocenters. The summed E-state index contributed by atoms with van der Waals surface area (Å²) in [5.41, 5.74) is 0. The van der Waals surface area contributed by atoms with Crippen LogP contribution >= 0.6 is 0 Å². The Kier molecular flexibility index (Phi) is 4.54. The molecule has 0 radical (unpaired) electrons. The molecule has 1 aliphatic rings. The number of aryl methyl sites for hydroxylation is 1. The molecule has 1 N–H and O–H groups in total. The van der Waals surface area contributed by atoms with Gasteiger partial charge in [-0.1, -0.05) is 19.8 Å². The third kappa shape index (κ3) is 3.28. The lowest BCUT2D eigenvalue weighted by Gasteiger charge is -2.20. The van der Waals surface area contributed by atoms with E-state index in [-0.39, 0.29) is 0 Å². The van der Waals surface area contributed by atoms with Crippen LogP contribution in [0.5, 0.6) is 0 Å². The zero-order valence-corrected chi connectivity index (χ0v) is 11.0. The number of nitrogens with zero attached hydrogens (tertiary/aromatic N) is 3. The van der Waals surface area contributed by atoms with Crippen molar-refractivity contribution < 1.29 is 0 Å². The van der Waals surface area contributed by atoms with Crippen LogP contribution in [0.2, 0.25) is 0 Å². The Hall–Kier alpha value is -0.900. The smallest absolute Gasteiger partial charge is 0.140 e. The molecule has 2 rings (SSSR count). The van der Waals surface area contributed by atoms with E-state index in [2.05, 4.69) is 29.2 Å². The Morgan fingerprint density at radius 1 is 1.47 bits per heavy atom. The summed E-state index contributed by atoms with van der Waals surface area (Å²) in [6.07, 6.45) is 8.35. The number of hydrogen-bond donors (Lipinski definition) is 1. The predicted octanol–water partition coefficient (Wildman–Crippen LogP) is 2.36. The molecule has 17 heavy (non-hydrogen) atoms. The van der Waals surface area contributed by atoms with Gasteiger partial charge in [-0.05, 0) is 32.1 Å². The standard InChI is InChI=1S/C13H24N4/c1-3-8-17-13(15-10-16-17)9-14-11(2)12-6-4-5-7-12/h10-12,14H,3-9H2,1-2H3. The third-order valence-corrected chi connectivity index (χ3v) is 3.82. The third-order valence-electron chi connectivity index (χ3n) is 3.82. The maximum absolute atomic E-state index is 4.32. The first-order valence-corrected chi connectivity index (χ1v) is 6.91. The minimum absolute atomic E-state index is 0.601. The Morgan fingerprint density at radius 3 is 2.94 bits per heavy atom. The van der Waals surface area contributed by atoms with Gasteiger partial charge >= 0.3 is 0 Å². The van der Waals surface area contributed by atoms with Crippen molar-refractivity contribution >= 4 is 0 Å². The summed E-state index contributed by atoms with van der Waals surface area (Å²) in [5, 5.41) is 7.85. The van der Waals surface area contributed by atoms with Crippen LogP contribution in [0.3, 0.4) is 0 Å². The topological polar surface area (TPSA) is 42.7 Å². The molecule has 0 saturated heterocycles. The van der Waals surface area contributed by atoms with Gasteiger partial charge in [0, 0.05) is 12.6 Å².